The van der Waals surface area contributed by atoms with Gasteiger partial charge in [-0.2, -0.15) is 0 Å². The summed E-state index contributed by atoms with van der Waals surface area (Å²) in [5, 5.41) is 12.0. The van der Waals surface area contributed by atoms with Crippen LogP contribution in [0, 0.1) is 12.8 Å². The molecular formula is C15H18BrNO4. The first-order chi connectivity index (χ1) is 9.99. The van der Waals surface area contributed by atoms with Crippen LogP contribution < -0.4 is 5.32 Å². The van der Waals surface area contributed by atoms with Gasteiger partial charge in [-0.1, -0.05) is 6.07 Å². The predicted octanol–water partition coefficient (Wildman–Crippen LogP) is 2.37. The molecule has 21 heavy (non-hydrogen) atoms. The summed E-state index contributed by atoms with van der Waals surface area (Å²) in [4.78, 5) is 23.7. The fraction of sp³-hybridized carbons (Fsp3) is 0.467. The highest BCUT2D eigenvalue weighted by atomic mass is 79.9. The molecule has 1 fully saturated rings. The van der Waals surface area contributed by atoms with E-state index in [1.807, 2.05) is 19.1 Å². The number of carbonyl (C=O) groups excluding carboxylic acids is 1. The van der Waals surface area contributed by atoms with Gasteiger partial charge in [-0.05, 0) is 53.4 Å². The third-order valence-electron chi connectivity index (χ3n) is 3.59. The summed E-state index contributed by atoms with van der Waals surface area (Å²) in [6, 6.07) is 4.41. The molecule has 2 atom stereocenters. The molecule has 5 nitrogen and oxygen atoms in total. The van der Waals surface area contributed by atoms with Crippen molar-refractivity contribution in [2.24, 2.45) is 5.92 Å². The van der Waals surface area contributed by atoms with E-state index in [1.54, 1.807) is 6.07 Å². The number of aliphatic carboxylic acids is 1. The van der Waals surface area contributed by atoms with Gasteiger partial charge in [-0.3, -0.25) is 4.79 Å². The monoisotopic (exact) mass is 355 g/mol. The third kappa shape index (κ3) is 4.04. The quantitative estimate of drug-likeness (QED) is 0.869. The van der Waals surface area contributed by atoms with Crippen LogP contribution >= 0.6 is 15.9 Å². The number of ether oxygens (including phenoxy) is 1. The normalized spacial score (nSPS) is 19.8. The number of nitrogens with one attached hydrogen (secondary N) is 1. The molecule has 0 radical (unpaired) electrons. The zero-order valence-electron chi connectivity index (χ0n) is 11.8. The molecule has 0 spiro atoms. The van der Waals surface area contributed by atoms with Crippen molar-refractivity contribution in [2.75, 3.05) is 13.2 Å². The fourth-order valence-electron chi connectivity index (χ4n) is 2.43. The molecule has 2 rings (SSSR count). The topological polar surface area (TPSA) is 75.6 Å². The Bertz CT molecular complexity index is 540. The number of hydrogen-bond donors (Lipinski definition) is 2. The first-order valence-electron chi connectivity index (χ1n) is 6.86. The maximum Gasteiger partial charge on any atom is 0.326 e. The number of carboxylic acid groups (broad SMARTS) is 1. The number of rotatable bonds is 4. The van der Waals surface area contributed by atoms with Crippen molar-refractivity contribution in [1.82, 2.24) is 5.32 Å². The van der Waals surface area contributed by atoms with Gasteiger partial charge >= 0.3 is 5.97 Å². The predicted molar refractivity (Wildman–Crippen MR) is 81.3 cm³/mol. The first kappa shape index (κ1) is 16.0. The Balaban J connectivity index is 2.12. The average molecular weight is 356 g/mol. The van der Waals surface area contributed by atoms with Crippen molar-refractivity contribution in [3.05, 3.63) is 33.8 Å². The van der Waals surface area contributed by atoms with Crippen LogP contribution in [0.2, 0.25) is 0 Å². The Morgan fingerprint density at radius 1 is 1.48 bits per heavy atom. The molecule has 2 unspecified atom stereocenters. The van der Waals surface area contributed by atoms with E-state index in [1.165, 1.54) is 0 Å². The highest BCUT2D eigenvalue weighted by Gasteiger charge is 2.31. The molecule has 1 aromatic carbocycles. The lowest BCUT2D eigenvalue weighted by molar-refractivity contribution is -0.142. The van der Waals surface area contributed by atoms with Crippen molar-refractivity contribution in [3.63, 3.8) is 0 Å². The van der Waals surface area contributed by atoms with Gasteiger partial charge in [0.2, 0.25) is 0 Å². The van der Waals surface area contributed by atoms with Crippen LogP contribution in [-0.4, -0.2) is 36.2 Å². The standard InChI is InChI=1S/C15H18BrNO4/c1-9-4-5-11(12(16)7-9)14(18)17-13(15(19)20)10-3-2-6-21-8-10/h4-5,7,10,13H,2-3,6,8H2,1H3,(H,17,18)(H,19,20). The van der Waals surface area contributed by atoms with Crippen LogP contribution in [0.1, 0.15) is 28.8 Å². The zero-order chi connectivity index (χ0) is 15.4. The SMILES string of the molecule is Cc1ccc(C(=O)NC(C(=O)O)C2CCCOC2)c(Br)c1. The number of halogens is 1. The highest BCUT2D eigenvalue weighted by molar-refractivity contribution is 9.10. The Kier molecular flexibility index (Phi) is 5.36. The fourth-order valence-corrected chi connectivity index (χ4v) is 3.11. The summed E-state index contributed by atoms with van der Waals surface area (Å²) in [5.41, 5.74) is 1.46. The van der Waals surface area contributed by atoms with Gasteiger partial charge in [0.1, 0.15) is 6.04 Å². The lowest BCUT2D eigenvalue weighted by atomic mass is 9.93. The van der Waals surface area contributed by atoms with Gasteiger partial charge in [0.05, 0.1) is 12.2 Å². The second-order valence-corrected chi connectivity index (χ2v) is 6.10. The molecule has 0 aromatic heterocycles. The molecule has 0 aliphatic carbocycles. The van der Waals surface area contributed by atoms with Gasteiger partial charge in [0.15, 0.2) is 0 Å². The van der Waals surface area contributed by atoms with Crippen LogP contribution in [0.15, 0.2) is 22.7 Å². The lowest BCUT2D eigenvalue weighted by Crippen LogP contribution is -2.48. The highest BCUT2D eigenvalue weighted by Crippen LogP contribution is 2.21. The van der Waals surface area contributed by atoms with Gasteiger partial charge in [-0.25, -0.2) is 4.79 Å². The number of hydrogen-bond acceptors (Lipinski definition) is 3. The maximum absolute atomic E-state index is 12.3. The molecule has 1 aliphatic heterocycles. The van der Waals surface area contributed by atoms with E-state index in [0.29, 0.717) is 23.2 Å². The Morgan fingerprint density at radius 3 is 2.81 bits per heavy atom. The molecule has 1 heterocycles. The minimum Gasteiger partial charge on any atom is -0.480 e. The summed E-state index contributed by atoms with van der Waals surface area (Å²) < 4.78 is 5.97. The Morgan fingerprint density at radius 2 is 2.24 bits per heavy atom. The van der Waals surface area contributed by atoms with Gasteiger partial charge in [-0.15, -0.1) is 0 Å². The summed E-state index contributed by atoms with van der Waals surface area (Å²) in [7, 11) is 0. The van der Waals surface area contributed by atoms with Crippen molar-refractivity contribution in [2.45, 2.75) is 25.8 Å². The second-order valence-electron chi connectivity index (χ2n) is 5.25. The Labute approximate surface area is 131 Å². The first-order valence-corrected chi connectivity index (χ1v) is 7.66. The Hall–Kier alpha value is -1.40. The molecule has 6 heteroatoms. The molecule has 0 saturated carbocycles. The van der Waals surface area contributed by atoms with E-state index in [0.717, 1.165) is 18.4 Å². The van der Waals surface area contributed by atoms with E-state index in [2.05, 4.69) is 21.2 Å². The number of aryl methyl sites for hydroxylation is 1. The number of benzene rings is 1. The smallest absolute Gasteiger partial charge is 0.326 e. The number of carbonyl (C=O) groups is 2. The van der Waals surface area contributed by atoms with Crippen LogP contribution in [0.3, 0.4) is 0 Å². The van der Waals surface area contributed by atoms with Crippen LogP contribution in [-0.2, 0) is 9.53 Å². The summed E-state index contributed by atoms with van der Waals surface area (Å²) >= 11 is 3.34. The van der Waals surface area contributed by atoms with Gasteiger partial charge in [0, 0.05) is 17.0 Å². The lowest BCUT2D eigenvalue weighted by Gasteiger charge is -2.28. The van der Waals surface area contributed by atoms with E-state index in [4.69, 9.17) is 4.74 Å². The molecule has 0 bridgehead atoms. The van der Waals surface area contributed by atoms with E-state index in [-0.39, 0.29) is 11.8 Å². The molecule has 114 valence electrons. The van der Waals surface area contributed by atoms with Gasteiger partial charge in [0.25, 0.3) is 5.91 Å². The molecule has 1 aliphatic rings. The molecule has 2 N–H and O–H groups in total. The second kappa shape index (κ2) is 7.04. The van der Waals surface area contributed by atoms with E-state index >= 15 is 0 Å². The zero-order valence-corrected chi connectivity index (χ0v) is 13.4. The van der Waals surface area contributed by atoms with Crippen LogP contribution in [0.5, 0.6) is 0 Å². The summed E-state index contributed by atoms with van der Waals surface area (Å²) in [5.74, 6) is -1.61. The summed E-state index contributed by atoms with van der Waals surface area (Å²) in [6.07, 6.45) is 1.56. The molecular weight excluding hydrogens is 338 g/mol. The minimum atomic E-state index is -1.03. The van der Waals surface area contributed by atoms with Crippen LogP contribution in [0.4, 0.5) is 0 Å². The van der Waals surface area contributed by atoms with Crippen molar-refractivity contribution >= 4 is 27.8 Å². The maximum atomic E-state index is 12.3. The van der Waals surface area contributed by atoms with Crippen LogP contribution in [0.25, 0.3) is 0 Å². The van der Waals surface area contributed by atoms with Gasteiger partial charge < -0.3 is 15.2 Å². The van der Waals surface area contributed by atoms with Crippen molar-refractivity contribution < 1.29 is 19.4 Å². The van der Waals surface area contributed by atoms with Crippen molar-refractivity contribution in [1.29, 1.82) is 0 Å². The average Bonchev–Trinajstić information content (AvgIpc) is 2.45. The molecule has 1 amide bonds. The van der Waals surface area contributed by atoms with E-state index < -0.39 is 12.0 Å². The number of carboxylic acids is 1. The minimum absolute atomic E-state index is 0.190. The third-order valence-corrected chi connectivity index (χ3v) is 4.24. The van der Waals surface area contributed by atoms with Crippen molar-refractivity contribution in [3.8, 4) is 0 Å². The number of amides is 1. The largest absolute Gasteiger partial charge is 0.480 e. The summed E-state index contributed by atoms with van der Waals surface area (Å²) in [6.45, 7) is 2.94. The molecule has 1 saturated heterocycles. The molecule has 1 aromatic rings. The van der Waals surface area contributed by atoms with E-state index in [9.17, 15) is 14.7 Å².